The molecule has 72 valence electrons. The van der Waals surface area contributed by atoms with Gasteiger partial charge in [0, 0.05) is 12.2 Å². The summed E-state index contributed by atoms with van der Waals surface area (Å²) in [4.78, 5) is 9.60. The van der Waals surface area contributed by atoms with Crippen LogP contribution < -0.4 is 0 Å². The van der Waals surface area contributed by atoms with Crippen LogP contribution >= 0.6 is 0 Å². The van der Waals surface area contributed by atoms with Crippen LogP contribution in [0.15, 0.2) is 12.2 Å². The highest BCUT2D eigenvalue weighted by atomic mass is 16.7. The first-order valence-electron chi connectivity index (χ1n) is 3.28. The SMILES string of the molecule is C=C(C)C(=O)O.CCOC(O)O. The Morgan fingerprint density at radius 1 is 1.58 bits per heavy atom. The van der Waals surface area contributed by atoms with Crippen LogP contribution in [0.4, 0.5) is 0 Å². The number of aliphatic hydroxyl groups is 2. The van der Waals surface area contributed by atoms with E-state index < -0.39 is 12.4 Å². The molecular weight excluding hydrogens is 164 g/mol. The quantitative estimate of drug-likeness (QED) is 0.416. The standard InChI is InChI=1S/C4H6O2.C3H8O3/c1-3(2)4(5)6;1-2-6-3(4)5/h1H2,2H3,(H,5,6);3-5H,2H2,1H3. The van der Waals surface area contributed by atoms with Gasteiger partial charge in [-0.3, -0.25) is 0 Å². The van der Waals surface area contributed by atoms with Gasteiger partial charge in [0.25, 0.3) is 6.48 Å². The molecule has 0 saturated heterocycles. The molecule has 0 spiro atoms. The van der Waals surface area contributed by atoms with Crippen molar-refractivity contribution in [3.05, 3.63) is 12.2 Å². The maximum Gasteiger partial charge on any atom is 0.330 e. The van der Waals surface area contributed by atoms with E-state index in [2.05, 4.69) is 11.3 Å². The first-order valence-corrected chi connectivity index (χ1v) is 3.28. The highest BCUT2D eigenvalue weighted by molar-refractivity contribution is 5.84. The lowest BCUT2D eigenvalue weighted by molar-refractivity contribution is -0.231. The maximum atomic E-state index is 9.60. The van der Waals surface area contributed by atoms with Gasteiger partial charge in [-0.15, -0.1) is 0 Å². The van der Waals surface area contributed by atoms with Gasteiger partial charge in [0.15, 0.2) is 0 Å². The lowest BCUT2D eigenvalue weighted by atomic mass is 10.4. The Balaban J connectivity index is 0. The van der Waals surface area contributed by atoms with Crippen molar-refractivity contribution in [1.82, 2.24) is 0 Å². The molecule has 5 nitrogen and oxygen atoms in total. The van der Waals surface area contributed by atoms with Crippen LogP contribution in [0, 0.1) is 0 Å². The largest absolute Gasteiger partial charge is 0.478 e. The Bertz CT molecular complexity index is 129. The normalized spacial score (nSPS) is 8.75. The van der Waals surface area contributed by atoms with Crippen molar-refractivity contribution in [3.8, 4) is 0 Å². The fourth-order valence-corrected chi connectivity index (χ4v) is 0.149. The van der Waals surface area contributed by atoms with E-state index in [0.29, 0.717) is 6.61 Å². The molecule has 12 heavy (non-hydrogen) atoms. The zero-order valence-corrected chi connectivity index (χ0v) is 7.15. The van der Waals surface area contributed by atoms with Crippen LogP contribution in [-0.2, 0) is 9.53 Å². The second kappa shape index (κ2) is 8.19. The topological polar surface area (TPSA) is 87.0 Å². The molecule has 0 unspecified atom stereocenters. The van der Waals surface area contributed by atoms with Gasteiger partial charge >= 0.3 is 5.97 Å². The second-order valence-corrected chi connectivity index (χ2v) is 1.87. The van der Waals surface area contributed by atoms with E-state index in [0.717, 1.165) is 0 Å². The molecule has 0 aromatic carbocycles. The lowest BCUT2D eigenvalue weighted by Crippen LogP contribution is -2.08. The number of rotatable bonds is 3. The molecule has 0 saturated carbocycles. The Morgan fingerprint density at radius 3 is 1.92 bits per heavy atom. The molecule has 0 radical (unpaired) electrons. The first-order chi connectivity index (χ1) is 5.41. The zero-order valence-electron chi connectivity index (χ0n) is 7.15. The summed E-state index contributed by atoms with van der Waals surface area (Å²) in [7, 11) is 0. The van der Waals surface area contributed by atoms with Crippen molar-refractivity contribution < 1.29 is 24.9 Å². The Hall–Kier alpha value is -0.910. The minimum Gasteiger partial charge on any atom is -0.478 e. The van der Waals surface area contributed by atoms with Gasteiger partial charge in [-0.2, -0.15) is 0 Å². The molecule has 0 bridgehead atoms. The van der Waals surface area contributed by atoms with Crippen LogP contribution in [0.1, 0.15) is 13.8 Å². The minimum atomic E-state index is -1.60. The number of carbonyl (C=O) groups is 1. The van der Waals surface area contributed by atoms with Crippen LogP contribution in [-0.4, -0.2) is 34.4 Å². The molecule has 0 aliphatic rings. The van der Waals surface area contributed by atoms with Crippen LogP contribution in [0.2, 0.25) is 0 Å². The van der Waals surface area contributed by atoms with Crippen molar-refractivity contribution in [2.24, 2.45) is 0 Å². The first kappa shape index (κ1) is 13.7. The van der Waals surface area contributed by atoms with Gasteiger partial charge in [0.1, 0.15) is 0 Å². The molecule has 3 N–H and O–H groups in total. The molecule has 0 aliphatic carbocycles. The van der Waals surface area contributed by atoms with E-state index in [9.17, 15) is 4.79 Å². The number of carboxylic acid groups (broad SMARTS) is 1. The number of ether oxygens (including phenoxy) is 1. The average Bonchev–Trinajstić information content (AvgIpc) is 1.87. The smallest absolute Gasteiger partial charge is 0.330 e. The average molecular weight is 178 g/mol. The van der Waals surface area contributed by atoms with Crippen molar-refractivity contribution in [2.75, 3.05) is 6.61 Å². The molecular formula is C7H14O5. The fourth-order valence-electron chi connectivity index (χ4n) is 0.149. The third-order valence-corrected chi connectivity index (χ3v) is 0.681. The van der Waals surface area contributed by atoms with Crippen molar-refractivity contribution >= 4 is 5.97 Å². The van der Waals surface area contributed by atoms with Gasteiger partial charge in [-0.1, -0.05) is 6.58 Å². The summed E-state index contributed by atoms with van der Waals surface area (Å²) >= 11 is 0. The van der Waals surface area contributed by atoms with E-state index in [1.165, 1.54) is 6.92 Å². The van der Waals surface area contributed by atoms with Crippen LogP contribution in [0.5, 0.6) is 0 Å². The third kappa shape index (κ3) is 16.0. The van der Waals surface area contributed by atoms with E-state index >= 15 is 0 Å². The van der Waals surface area contributed by atoms with Crippen molar-refractivity contribution in [1.29, 1.82) is 0 Å². The van der Waals surface area contributed by atoms with Crippen molar-refractivity contribution in [3.63, 3.8) is 0 Å². The highest BCUT2D eigenvalue weighted by Gasteiger charge is 1.90. The predicted octanol–water partition coefficient (Wildman–Crippen LogP) is -0.0618. The lowest BCUT2D eigenvalue weighted by Gasteiger charge is -1.98. The van der Waals surface area contributed by atoms with Gasteiger partial charge in [-0.05, 0) is 13.8 Å². The Kier molecular flexibility index (Phi) is 9.32. The van der Waals surface area contributed by atoms with E-state index in [1.807, 2.05) is 0 Å². The number of aliphatic hydroxyl groups excluding tert-OH is 1. The summed E-state index contributed by atoms with van der Waals surface area (Å²) in [5.41, 5.74) is 0.176. The van der Waals surface area contributed by atoms with Gasteiger partial charge in [0.2, 0.25) is 0 Å². The van der Waals surface area contributed by atoms with E-state index in [4.69, 9.17) is 15.3 Å². The summed E-state index contributed by atoms with van der Waals surface area (Å²) in [5.74, 6) is -0.935. The zero-order chi connectivity index (χ0) is 10.1. The summed E-state index contributed by atoms with van der Waals surface area (Å²) in [6.07, 6.45) is 0. The number of hydrogen-bond donors (Lipinski definition) is 3. The van der Waals surface area contributed by atoms with E-state index in [-0.39, 0.29) is 5.57 Å². The molecule has 0 aromatic rings. The van der Waals surface area contributed by atoms with Crippen LogP contribution in [0.25, 0.3) is 0 Å². The van der Waals surface area contributed by atoms with E-state index in [1.54, 1.807) is 6.92 Å². The van der Waals surface area contributed by atoms with Crippen LogP contribution in [0.3, 0.4) is 0 Å². The highest BCUT2D eigenvalue weighted by Crippen LogP contribution is 1.81. The molecule has 0 fully saturated rings. The molecule has 0 amide bonds. The molecule has 0 atom stereocenters. The van der Waals surface area contributed by atoms with Gasteiger partial charge < -0.3 is 20.1 Å². The molecule has 0 rings (SSSR count). The Morgan fingerprint density at radius 2 is 1.92 bits per heavy atom. The van der Waals surface area contributed by atoms with Gasteiger partial charge in [-0.25, -0.2) is 4.79 Å². The van der Waals surface area contributed by atoms with Crippen molar-refractivity contribution in [2.45, 2.75) is 20.3 Å². The molecule has 0 aromatic heterocycles. The second-order valence-electron chi connectivity index (χ2n) is 1.87. The number of carboxylic acids is 1. The number of hydrogen-bond acceptors (Lipinski definition) is 4. The maximum absolute atomic E-state index is 9.60. The van der Waals surface area contributed by atoms with Gasteiger partial charge in [0.05, 0.1) is 0 Å². The predicted molar refractivity (Wildman–Crippen MR) is 42.3 cm³/mol. The monoisotopic (exact) mass is 178 g/mol. The molecule has 5 heteroatoms. The molecule has 0 heterocycles. The summed E-state index contributed by atoms with van der Waals surface area (Å²) in [6.45, 7) is 5.01. The number of aliphatic carboxylic acids is 1. The minimum absolute atomic E-state index is 0.176. The molecule has 0 aliphatic heterocycles. The summed E-state index contributed by atoms with van der Waals surface area (Å²) in [6, 6.07) is 0. The summed E-state index contributed by atoms with van der Waals surface area (Å²) < 4.78 is 4.15. The fraction of sp³-hybridized carbons (Fsp3) is 0.571. The Labute approximate surface area is 70.9 Å². The summed E-state index contributed by atoms with van der Waals surface area (Å²) in [5, 5.41) is 23.7. The third-order valence-electron chi connectivity index (χ3n) is 0.681.